The Labute approximate surface area is 108 Å². The van der Waals surface area contributed by atoms with Gasteiger partial charge in [0.2, 0.25) is 0 Å². The summed E-state index contributed by atoms with van der Waals surface area (Å²) in [6.45, 7) is 2.12. The number of anilines is 1. The van der Waals surface area contributed by atoms with Crippen LogP contribution in [-0.2, 0) is 6.42 Å². The maximum atomic E-state index is 5.82. The van der Waals surface area contributed by atoms with Gasteiger partial charge in [-0.25, -0.2) is 4.68 Å². The Balaban J connectivity index is 2.52. The van der Waals surface area contributed by atoms with Crippen LogP contribution in [0, 0.1) is 3.57 Å². The molecule has 0 aliphatic heterocycles. The molecule has 2 N–H and O–H groups in total. The molecule has 2 aromatic rings. The number of benzene rings is 1. The maximum Gasteiger partial charge on any atom is 0.169 e. The third kappa shape index (κ3) is 2.04. The standard InChI is InChI=1S/C11H13IN4/c1-2-5-10-11(13)14-15-16(10)9-7-4-3-6-8(9)12/h3-4,6-7H,2,5,13H2,1H3. The smallest absolute Gasteiger partial charge is 0.169 e. The van der Waals surface area contributed by atoms with Gasteiger partial charge < -0.3 is 5.73 Å². The molecule has 2 rings (SSSR count). The average Bonchev–Trinajstić information content (AvgIpc) is 2.62. The number of nitrogens with two attached hydrogens (primary N) is 1. The molecule has 0 saturated carbocycles. The van der Waals surface area contributed by atoms with Gasteiger partial charge in [0.1, 0.15) is 0 Å². The molecule has 0 saturated heterocycles. The number of rotatable bonds is 3. The topological polar surface area (TPSA) is 56.7 Å². The van der Waals surface area contributed by atoms with Crippen LogP contribution in [0.15, 0.2) is 24.3 Å². The quantitative estimate of drug-likeness (QED) is 0.881. The molecule has 0 spiro atoms. The molecule has 0 bridgehead atoms. The molecule has 0 radical (unpaired) electrons. The maximum absolute atomic E-state index is 5.82. The molecule has 0 aliphatic carbocycles. The molecular weight excluding hydrogens is 315 g/mol. The first-order valence-electron chi connectivity index (χ1n) is 5.19. The summed E-state index contributed by atoms with van der Waals surface area (Å²) in [6.07, 6.45) is 1.92. The summed E-state index contributed by atoms with van der Waals surface area (Å²) >= 11 is 2.29. The van der Waals surface area contributed by atoms with E-state index in [9.17, 15) is 0 Å². The van der Waals surface area contributed by atoms with Crippen LogP contribution in [0.3, 0.4) is 0 Å². The number of halogens is 1. The third-order valence-electron chi connectivity index (χ3n) is 2.36. The summed E-state index contributed by atoms with van der Waals surface area (Å²) in [7, 11) is 0. The fourth-order valence-electron chi connectivity index (χ4n) is 1.60. The molecule has 0 fully saturated rings. The Hall–Kier alpha value is -1.11. The molecule has 1 heterocycles. The summed E-state index contributed by atoms with van der Waals surface area (Å²) in [6, 6.07) is 8.06. The SMILES string of the molecule is CCCc1c(N)nnn1-c1ccccc1I. The Morgan fingerprint density at radius 2 is 2.12 bits per heavy atom. The molecule has 16 heavy (non-hydrogen) atoms. The van der Waals surface area contributed by atoms with Crippen LogP contribution in [0.2, 0.25) is 0 Å². The van der Waals surface area contributed by atoms with Gasteiger partial charge in [-0.05, 0) is 41.1 Å². The molecule has 5 heteroatoms. The van der Waals surface area contributed by atoms with Crippen LogP contribution < -0.4 is 5.73 Å². The van der Waals surface area contributed by atoms with Gasteiger partial charge in [0.25, 0.3) is 0 Å². The number of nitrogens with zero attached hydrogens (tertiary/aromatic N) is 3. The van der Waals surface area contributed by atoms with E-state index in [0.717, 1.165) is 27.8 Å². The van der Waals surface area contributed by atoms with E-state index in [0.29, 0.717) is 5.82 Å². The van der Waals surface area contributed by atoms with E-state index in [4.69, 9.17) is 5.73 Å². The van der Waals surface area contributed by atoms with E-state index in [1.165, 1.54) is 0 Å². The van der Waals surface area contributed by atoms with E-state index in [1.54, 1.807) is 0 Å². The van der Waals surface area contributed by atoms with Gasteiger partial charge in [0.15, 0.2) is 5.82 Å². The van der Waals surface area contributed by atoms with Crippen molar-refractivity contribution in [2.24, 2.45) is 0 Å². The van der Waals surface area contributed by atoms with Gasteiger partial charge in [0.05, 0.1) is 11.4 Å². The van der Waals surface area contributed by atoms with Crippen LogP contribution in [0.5, 0.6) is 0 Å². The first-order valence-corrected chi connectivity index (χ1v) is 6.27. The number of hydrogen-bond donors (Lipinski definition) is 1. The lowest BCUT2D eigenvalue weighted by molar-refractivity contribution is 0.743. The monoisotopic (exact) mass is 328 g/mol. The number of aromatic nitrogens is 3. The average molecular weight is 328 g/mol. The highest BCUT2D eigenvalue weighted by atomic mass is 127. The predicted molar refractivity (Wildman–Crippen MR) is 72.5 cm³/mol. The van der Waals surface area contributed by atoms with Crippen LogP contribution >= 0.6 is 22.6 Å². The minimum Gasteiger partial charge on any atom is -0.381 e. The zero-order valence-electron chi connectivity index (χ0n) is 9.02. The Morgan fingerprint density at radius 1 is 1.38 bits per heavy atom. The summed E-state index contributed by atoms with van der Waals surface area (Å²) in [5.74, 6) is 0.529. The fraction of sp³-hybridized carbons (Fsp3) is 0.273. The predicted octanol–water partition coefficient (Wildman–Crippen LogP) is 2.41. The van der Waals surface area contributed by atoms with Gasteiger partial charge in [-0.1, -0.05) is 30.7 Å². The molecule has 84 valence electrons. The molecule has 0 unspecified atom stereocenters. The minimum atomic E-state index is 0.529. The molecule has 0 atom stereocenters. The third-order valence-corrected chi connectivity index (χ3v) is 3.27. The van der Waals surface area contributed by atoms with Crippen molar-refractivity contribution in [3.8, 4) is 5.69 Å². The second kappa shape index (κ2) is 4.82. The summed E-state index contributed by atoms with van der Waals surface area (Å²) in [5.41, 5.74) is 7.85. The Bertz CT molecular complexity index is 492. The van der Waals surface area contributed by atoms with Crippen LogP contribution in [0.1, 0.15) is 19.0 Å². The zero-order valence-corrected chi connectivity index (χ0v) is 11.2. The normalized spacial score (nSPS) is 10.6. The van der Waals surface area contributed by atoms with E-state index in [1.807, 2.05) is 28.9 Å². The molecule has 1 aromatic heterocycles. The van der Waals surface area contributed by atoms with Crippen molar-refractivity contribution in [1.29, 1.82) is 0 Å². The van der Waals surface area contributed by atoms with E-state index in [-0.39, 0.29) is 0 Å². The van der Waals surface area contributed by atoms with Crippen molar-refractivity contribution in [1.82, 2.24) is 15.0 Å². The largest absolute Gasteiger partial charge is 0.381 e. The first-order chi connectivity index (χ1) is 7.74. The van der Waals surface area contributed by atoms with E-state index >= 15 is 0 Å². The lowest BCUT2D eigenvalue weighted by Gasteiger charge is -2.07. The number of hydrogen-bond acceptors (Lipinski definition) is 3. The van der Waals surface area contributed by atoms with Crippen molar-refractivity contribution in [3.63, 3.8) is 0 Å². The summed E-state index contributed by atoms with van der Waals surface area (Å²) in [4.78, 5) is 0. The van der Waals surface area contributed by atoms with Crippen LogP contribution in [-0.4, -0.2) is 15.0 Å². The number of para-hydroxylation sites is 1. The highest BCUT2D eigenvalue weighted by Crippen LogP contribution is 2.20. The van der Waals surface area contributed by atoms with Gasteiger partial charge in [-0.15, -0.1) is 5.10 Å². The van der Waals surface area contributed by atoms with Gasteiger partial charge >= 0.3 is 0 Å². The van der Waals surface area contributed by atoms with E-state index in [2.05, 4.69) is 39.8 Å². The summed E-state index contributed by atoms with van der Waals surface area (Å²) in [5, 5.41) is 8.04. The molecule has 4 nitrogen and oxygen atoms in total. The molecule has 0 aliphatic rings. The van der Waals surface area contributed by atoms with Crippen molar-refractivity contribution in [2.75, 3.05) is 5.73 Å². The lowest BCUT2D eigenvalue weighted by atomic mass is 10.2. The lowest BCUT2D eigenvalue weighted by Crippen LogP contribution is -2.05. The van der Waals surface area contributed by atoms with Crippen molar-refractivity contribution in [2.45, 2.75) is 19.8 Å². The highest BCUT2D eigenvalue weighted by Gasteiger charge is 2.12. The second-order valence-corrected chi connectivity index (χ2v) is 4.70. The summed E-state index contributed by atoms with van der Waals surface area (Å²) < 4.78 is 2.98. The Morgan fingerprint density at radius 3 is 2.81 bits per heavy atom. The van der Waals surface area contributed by atoms with Gasteiger partial charge in [0, 0.05) is 3.57 Å². The van der Waals surface area contributed by atoms with Gasteiger partial charge in [-0.2, -0.15) is 0 Å². The van der Waals surface area contributed by atoms with Gasteiger partial charge in [-0.3, -0.25) is 0 Å². The minimum absolute atomic E-state index is 0.529. The molecule has 1 aromatic carbocycles. The zero-order chi connectivity index (χ0) is 11.5. The van der Waals surface area contributed by atoms with Crippen LogP contribution in [0.4, 0.5) is 5.82 Å². The molecular formula is C11H13IN4. The van der Waals surface area contributed by atoms with Crippen molar-refractivity contribution >= 4 is 28.4 Å². The van der Waals surface area contributed by atoms with Crippen molar-refractivity contribution in [3.05, 3.63) is 33.5 Å². The van der Waals surface area contributed by atoms with Crippen LogP contribution in [0.25, 0.3) is 5.69 Å². The second-order valence-electron chi connectivity index (χ2n) is 3.53. The van der Waals surface area contributed by atoms with E-state index < -0.39 is 0 Å². The first kappa shape index (κ1) is 11.4. The fourth-order valence-corrected chi connectivity index (χ4v) is 2.22. The molecule has 0 amide bonds. The Kier molecular flexibility index (Phi) is 3.42. The highest BCUT2D eigenvalue weighted by molar-refractivity contribution is 14.1. The number of nitrogen functional groups attached to an aromatic ring is 1. The van der Waals surface area contributed by atoms with Crippen molar-refractivity contribution < 1.29 is 0 Å².